The molecule has 3 heteroatoms. The summed E-state index contributed by atoms with van der Waals surface area (Å²) in [6, 6.07) is 10.9. The highest BCUT2D eigenvalue weighted by Crippen LogP contribution is 2.28. The van der Waals surface area contributed by atoms with Crippen LogP contribution < -0.4 is 5.32 Å². The van der Waals surface area contributed by atoms with Gasteiger partial charge >= 0.3 is 0 Å². The van der Waals surface area contributed by atoms with Gasteiger partial charge in [0.15, 0.2) is 0 Å². The Morgan fingerprint density at radius 2 is 1.94 bits per heavy atom. The molecular formula is C15H15ClFN. The first-order valence-electron chi connectivity index (χ1n) is 5.81. The molecule has 0 atom stereocenters. The van der Waals surface area contributed by atoms with Crippen molar-refractivity contribution in [2.45, 2.75) is 13.5 Å². The molecule has 0 saturated carbocycles. The molecule has 94 valence electrons. The number of halogens is 2. The maximum Gasteiger partial charge on any atom is 0.126 e. The lowest BCUT2D eigenvalue weighted by Crippen LogP contribution is -2.06. The lowest BCUT2D eigenvalue weighted by atomic mass is 9.98. The Hall–Kier alpha value is -1.38. The first-order valence-corrected chi connectivity index (χ1v) is 6.19. The maximum absolute atomic E-state index is 13.6. The molecule has 0 bridgehead atoms. The van der Waals surface area contributed by atoms with Crippen molar-refractivity contribution < 1.29 is 4.39 Å². The summed E-state index contributed by atoms with van der Waals surface area (Å²) < 4.78 is 13.6. The molecule has 0 aliphatic rings. The van der Waals surface area contributed by atoms with E-state index in [-0.39, 0.29) is 5.82 Å². The van der Waals surface area contributed by atoms with Gasteiger partial charge in [0.05, 0.1) is 0 Å². The van der Waals surface area contributed by atoms with Gasteiger partial charge in [-0.25, -0.2) is 4.39 Å². The smallest absolute Gasteiger partial charge is 0.126 e. The summed E-state index contributed by atoms with van der Waals surface area (Å²) >= 11 is 6.02. The standard InChI is InChI=1S/C15H15ClFN/c1-10-3-4-11(7-15(10)17)14-8-13(16)6-5-12(14)9-18-2/h3-8,18H,9H2,1-2H3. The van der Waals surface area contributed by atoms with Crippen molar-refractivity contribution in [2.75, 3.05) is 7.05 Å². The third-order valence-corrected chi connectivity index (χ3v) is 3.16. The first-order chi connectivity index (χ1) is 8.61. The molecule has 0 aromatic heterocycles. The molecule has 0 amide bonds. The topological polar surface area (TPSA) is 12.0 Å². The van der Waals surface area contributed by atoms with Crippen LogP contribution in [0.5, 0.6) is 0 Å². The number of benzene rings is 2. The van der Waals surface area contributed by atoms with E-state index < -0.39 is 0 Å². The number of hydrogen-bond donors (Lipinski definition) is 1. The highest BCUT2D eigenvalue weighted by molar-refractivity contribution is 6.30. The Bertz CT molecular complexity index is 566. The average Bonchev–Trinajstić information content (AvgIpc) is 2.35. The van der Waals surface area contributed by atoms with E-state index in [4.69, 9.17) is 11.6 Å². The highest BCUT2D eigenvalue weighted by Gasteiger charge is 2.07. The van der Waals surface area contributed by atoms with E-state index in [1.165, 1.54) is 0 Å². The zero-order valence-corrected chi connectivity index (χ0v) is 11.2. The van der Waals surface area contributed by atoms with Crippen LogP contribution in [0.25, 0.3) is 11.1 Å². The summed E-state index contributed by atoms with van der Waals surface area (Å²) in [5.74, 6) is -0.192. The Labute approximate surface area is 112 Å². The number of nitrogens with one attached hydrogen (secondary N) is 1. The Kier molecular flexibility index (Phi) is 4.00. The van der Waals surface area contributed by atoms with Crippen LogP contribution in [0.15, 0.2) is 36.4 Å². The van der Waals surface area contributed by atoms with Crippen molar-refractivity contribution >= 4 is 11.6 Å². The second-order valence-corrected chi connectivity index (χ2v) is 4.73. The van der Waals surface area contributed by atoms with Crippen LogP contribution in [0.2, 0.25) is 5.02 Å². The molecule has 18 heavy (non-hydrogen) atoms. The van der Waals surface area contributed by atoms with Crippen molar-refractivity contribution in [1.82, 2.24) is 5.32 Å². The molecule has 0 spiro atoms. The van der Waals surface area contributed by atoms with E-state index in [9.17, 15) is 4.39 Å². The van der Waals surface area contributed by atoms with Gasteiger partial charge in [0.2, 0.25) is 0 Å². The molecule has 2 aromatic rings. The Morgan fingerprint density at radius 3 is 2.61 bits per heavy atom. The van der Waals surface area contributed by atoms with Crippen LogP contribution >= 0.6 is 11.6 Å². The van der Waals surface area contributed by atoms with E-state index in [2.05, 4.69) is 5.32 Å². The molecule has 0 aliphatic carbocycles. The van der Waals surface area contributed by atoms with E-state index in [0.717, 1.165) is 23.2 Å². The van der Waals surface area contributed by atoms with E-state index >= 15 is 0 Å². The molecule has 0 unspecified atom stereocenters. The SMILES string of the molecule is CNCc1ccc(Cl)cc1-c1ccc(C)c(F)c1. The molecular weight excluding hydrogens is 249 g/mol. The number of hydrogen-bond acceptors (Lipinski definition) is 1. The van der Waals surface area contributed by atoms with Crippen LogP contribution in [0.4, 0.5) is 4.39 Å². The first kappa shape index (κ1) is 13.1. The third kappa shape index (κ3) is 2.71. The van der Waals surface area contributed by atoms with Crippen molar-refractivity contribution in [3.05, 3.63) is 58.4 Å². The highest BCUT2D eigenvalue weighted by atomic mass is 35.5. The third-order valence-electron chi connectivity index (χ3n) is 2.92. The molecule has 0 radical (unpaired) electrons. The van der Waals surface area contributed by atoms with Crippen LogP contribution in [0.3, 0.4) is 0 Å². The molecule has 1 N–H and O–H groups in total. The summed E-state index contributed by atoms with van der Waals surface area (Å²) in [6.45, 7) is 2.48. The second kappa shape index (κ2) is 5.51. The minimum Gasteiger partial charge on any atom is -0.316 e. The minimum absolute atomic E-state index is 0.192. The quantitative estimate of drug-likeness (QED) is 0.876. The molecule has 1 nitrogen and oxygen atoms in total. The van der Waals surface area contributed by atoms with Crippen LogP contribution in [0.1, 0.15) is 11.1 Å². The molecule has 2 aromatic carbocycles. The molecule has 0 fully saturated rings. The fourth-order valence-electron chi connectivity index (χ4n) is 1.92. The zero-order chi connectivity index (χ0) is 13.1. The fraction of sp³-hybridized carbons (Fsp3) is 0.200. The zero-order valence-electron chi connectivity index (χ0n) is 10.4. The summed E-state index contributed by atoms with van der Waals surface area (Å²) in [7, 11) is 1.88. The number of rotatable bonds is 3. The van der Waals surface area contributed by atoms with Gasteiger partial charge in [-0.1, -0.05) is 29.8 Å². The van der Waals surface area contributed by atoms with Crippen LogP contribution in [-0.2, 0) is 6.54 Å². The maximum atomic E-state index is 13.6. The van der Waals surface area contributed by atoms with Crippen molar-refractivity contribution in [1.29, 1.82) is 0 Å². The Balaban J connectivity index is 2.54. The lowest BCUT2D eigenvalue weighted by molar-refractivity contribution is 0.619. The van der Waals surface area contributed by atoms with E-state index in [1.54, 1.807) is 19.1 Å². The van der Waals surface area contributed by atoms with E-state index in [1.807, 2.05) is 31.3 Å². The van der Waals surface area contributed by atoms with Gasteiger partial charge in [0.25, 0.3) is 0 Å². The number of aryl methyl sites for hydroxylation is 1. The summed E-state index contributed by atoms with van der Waals surface area (Å²) in [6.07, 6.45) is 0. The monoisotopic (exact) mass is 263 g/mol. The van der Waals surface area contributed by atoms with Gasteiger partial charge < -0.3 is 5.32 Å². The fourth-order valence-corrected chi connectivity index (χ4v) is 2.09. The molecule has 0 saturated heterocycles. The van der Waals surface area contributed by atoms with Gasteiger partial charge in [-0.3, -0.25) is 0 Å². The van der Waals surface area contributed by atoms with Gasteiger partial charge in [-0.05, 0) is 54.4 Å². The predicted molar refractivity (Wildman–Crippen MR) is 74.3 cm³/mol. The molecule has 2 rings (SSSR count). The molecule has 0 aliphatic heterocycles. The molecule has 0 heterocycles. The normalized spacial score (nSPS) is 10.7. The largest absolute Gasteiger partial charge is 0.316 e. The van der Waals surface area contributed by atoms with Gasteiger partial charge in [0, 0.05) is 11.6 Å². The minimum atomic E-state index is -0.192. The predicted octanol–water partition coefficient (Wildman–Crippen LogP) is 4.17. The second-order valence-electron chi connectivity index (χ2n) is 4.30. The van der Waals surface area contributed by atoms with Crippen LogP contribution in [0, 0.1) is 12.7 Å². The van der Waals surface area contributed by atoms with E-state index in [0.29, 0.717) is 10.6 Å². The van der Waals surface area contributed by atoms with Crippen molar-refractivity contribution in [2.24, 2.45) is 0 Å². The van der Waals surface area contributed by atoms with Crippen molar-refractivity contribution in [3.63, 3.8) is 0 Å². The van der Waals surface area contributed by atoms with Gasteiger partial charge in [0.1, 0.15) is 5.82 Å². The van der Waals surface area contributed by atoms with Crippen LogP contribution in [-0.4, -0.2) is 7.05 Å². The lowest BCUT2D eigenvalue weighted by Gasteiger charge is -2.11. The average molecular weight is 264 g/mol. The summed E-state index contributed by atoms with van der Waals surface area (Å²) in [5.41, 5.74) is 3.57. The van der Waals surface area contributed by atoms with Crippen molar-refractivity contribution in [3.8, 4) is 11.1 Å². The Morgan fingerprint density at radius 1 is 1.17 bits per heavy atom. The van der Waals surface area contributed by atoms with Gasteiger partial charge in [-0.15, -0.1) is 0 Å². The summed E-state index contributed by atoms with van der Waals surface area (Å²) in [4.78, 5) is 0. The summed E-state index contributed by atoms with van der Waals surface area (Å²) in [5, 5.41) is 3.76. The van der Waals surface area contributed by atoms with Gasteiger partial charge in [-0.2, -0.15) is 0 Å².